The topological polar surface area (TPSA) is 91.9 Å². The van der Waals surface area contributed by atoms with Crippen LogP contribution in [0.3, 0.4) is 0 Å². The Hall–Kier alpha value is -2.93. The number of carbonyl (C=O) groups is 1. The van der Waals surface area contributed by atoms with Crippen molar-refractivity contribution < 1.29 is 24.3 Å². The molecule has 2 atom stereocenters. The zero-order valence-corrected chi connectivity index (χ0v) is 14.8. The molecular weight excluding hydrogens is 346 g/mol. The van der Waals surface area contributed by atoms with Gasteiger partial charge in [-0.2, -0.15) is 0 Å². The first-order valence-corrected chi connectivity index (χ1v) is 8.47. The van der Waals surface area contributed by atoms with E-state index in [1.54, 1.807) is 5.48 Å². The van der Waals surface area contributed by atoms with Crippen LogP contribution >= 0.6 is 0 Å². The van der Waals surface area contributed by atoms with Crippen molar-refractivity contribution >= 4 is 5.91 Å². The van der Waals surface area contributed by atoms with Gasteiger partial charge in [-0.3, -0.25) is 10.0 Å². The number of rotatable bonds is 7. The normalized spacial score (nSPS) is 14.3. The van der Waals surface area contributed by atoms with Crippen LogP contribution in [-0.2, 0) is 16.1 Å². The van der Waals surface area contributed by atoms with Gasteiger partial charge in [0.2, 0.25) is 0 Å². The summed E-state index contributed by atoms with van der Waals surface area (Å²) in [5, 5.41) is 19.6. The first kappa shape index (κ1) is 18.8. The largest absolute Gasteiger partial charge is 0.472 e. The summed E-state index contributed by atoms with van der Waals surface area (Å²) in [6.45, 7) is 1.49. The number of furan rings is 1. The number of hydrogen-bond acceptors (Lipinski definition) is 5. The minimum Gasteiger partial charge on any atom is -0.472 e. The van der Waals surface area contributed by atoms with Crippen LogP contribution in [0.2, 0.25) is 0 Å². The van der Waals surface area contributed by atoms with Gasteiger partial charge in [0, 0.05) is 5.56 Å². The second-order valence-electron chi connectivity index (χ2n) is 6.36. The first-order chi connectivity index (χ1) is 13.0. The van der Waals surface area contributed by atoms with Gasteiger partial charge in [-0.05, 0) is 29.7 Å². The van der Waals surface area contributed by atoms with E-state index in [2.05, 4.69) is 0 Å². The molecule has 0 fully saturated rings. The van der Waals surface area contributed by atoms with Crippen LogP contribution in [0.25, 0.3) is 11.1 Å². The molecule has 2 aromatic carbocycles. The van der Waals surface area contributed by atoms with E-state index >= 15 is 0 Å². The molecule has 0 aliphatic carbocycles. The van der Waals surface area contributed by atoms with Gasteiger partial charge in [-0.15, -0.1) is 0 Å². The predicted molar refractivity (Wildman–Crippen MR) is 98.7 cm³/mol. The average molecular weight is 367 g/mol. The monoisotopic (exact) mass is 367 g/mol. The average Bonchev–Trinajstić information content (AvgIpc) is 3.26. The second kappa shape index (κ2) is 8.18. The molecule has 3 N–H and O–H groups in total. The van der Waals surface area contributed by atoms with Gasteiger partial charge in [0.25, 0.3) is 5.91 Å². The lowest BCUT2D eigenvalue weighted by molar-refractivity contribution is -0.173. The van der Waals surface area contributed by atoms with Crippen LogP contribution in [0.4, 0.5) is 0 Å². The fourth-order valence-electron chi connectivity index (χ4n) is 2.79. The number of amides is 1. The molecule has 0 unspecified atom stereocenters. The maximum Gasteiger partial charge on any atom is 0.278 e. The van der Waals surface area contributed by atoms with Crippen LogP contribution in [0.15, 0.2) is 77.6 Å². The summed E-state index contributed by atoms with van der Waals surface area (Å²) in [6.07, 6.45) is 1.40. The summed E-state index contributed by atoms with van der Waals surface area (Å²) >= 11 is 0. The van der Waals surface area contributed by atoms with Gasteiger partial charge in [-0.1, -0.05) is 54.6 Å². The highest BCUT2D eigenvalue weighted by Crippen LogP contribution is 2.31. The predicted octanol–water partition coefficient (Wildman–Crippen LogP) is 3.46. The lowest BCUT2D eigenvalue weighted by Gasteiger charge is -2.31. The molecule has 6 heteroatoms. The molecule has 27 heavy (non-hydrogen) atoms. The van der Waals surface area contributed by atoms with Crippen molar-refractivity contribution in [3.8, 4) is 11.1 Å². The number of hydrogen-bond donors (Lipinski definition) is 3. The third kappa shape index (κ3) is 4.09. The highest BCUT2D eigenvalue weighted by molar-refractivity contribution is 5.84. The van der Waals surface area contributed by atoms with E-state index in [1.807, 2.05) is 54.6 Å². The van der Waals surface area contributed by atoms with Crippen molar-refractivity contribution in [2.24, 2.45) is 0 Å². The molecule has 3 aromatic rings. The standard InChI is InChI=1S/C21H21NO5/c1-21(20(24)22-25,19(23)18-11-12-26-14-18)27-13-15-7-9-17(10-8-15)16-5-3-2-4-6-16/h2-12,14,19,23,25H,13H2,1H3,(H,22,24)/t19-,21-/m0/s1. The van der Waals surface area contributed by atoms with Crippen LogP contribution in [0.1, 0.15) is 24.2 Å². The van der Waals surface area contributed by atoms with E-state index in [1.165, 1.54) is 25.5 Å². The number of aliphatic hydroxyl groups is 1. The van der Waals surface area contributed by atoms with E-state index in [4.69, 9.17) is 14.4 Å². The zero-order valence-electron chi connectivity index (χ0n) is 14.8. The summed E-state index contributed by atoms with van der Waals surface area (Å²) in [4.78, 5) is 12.2. The minimum atomic E-state index is -1.70. The third-order valence-corrected chi connectivity index (χ3v) is 4.53. The Morgan fingerprint density at radius 3 is 2.37 bits per heavy atom. The van der Waals surface area contributed by atoms with E-state index in [9.17, 15) is 9.90 Å². The van der Waals surface area contributed by atoms with Gasteiger partial charge in [0.15, 0.2) is 5.60 Å². The smallest absolute Gasteiger partial charge is 0.278 e. The summed E-state index contributed by atoms with van der Waals surface area (Å²) in [6, 6.07) is 19.2. The maximum atomic E-state index is 12.2. The molecule has 0 aliphatic rings. The molecule has 1 amide bonds. The van der Waals surface area contributed by atoms with Crippen molar-refractivity contribution in [1.82, 2.24) is 5.48 Å². The van der Waals surface area contributed by atoms with Gasteiger partial charge < -0.3 is 14.3 Å². The van der Waals surface area contributed by atoms with Crippen molar-refractivity contribution in [2.45, 2.75) is 25.2 Å². The lowest BCUT2D eigenvalue weighted by Crippen LogP contribution is -2.49. The Bertz CT molecular complexity index is 861. The summed E-state index contributed by atoms with van der Waals surface area (Å²) < 4.78 is 10.7. The van der Waals surface area contributed by atoms with Crippen LogP contribution in [0, 0.1) is 0 Å². The Morgan fingerprint density at radius 2 is 1.78 bits per heavy atom. The molecule has 0 aliphatic heterocycles. The molecule has 0 saturated carbocycles. The summed E-state index contributed by atoms with van der Waals surface area (Å²) in [5.74, 6) is -0.850. The molecule has 0 radical (unpaired) electrons. The minimum absolute atomic E-state index is 0.0773. The molecule has 0 saturated heterocycles. The van der Waals surface area contributed by atoms with Gasteiger partial charge in [-0.25, -0.2) is 5.48 Å². The third-order valence-electron chi connectivity index (χ3n) is 4.53. The molecular formula is C21H21NO5. The van der Waals surface area contributed by atoms with E-state index in [-0.39, 0.29) is 6.61 Å². The van der Waals surface area contributed by atoms with Crippen molar-refractivity contribution in [3.63, 3.8) is 0 Å². The quantitative estimate of drug-likeness (QED) is 0.439. The highest BCUT2D eigenvalue weighted by Gasteiger charge is 2.43. The van der Waals surface area contributed by atoms with E-state index in [0.29, 0.717) is 5.56 Å². The number of hydroxylamine groups is 1. The van der Waals surface area contributed by atoms with Crippen molar-refractivity contribution in [3.05, 3.63) is 84.3 Å². The van der Waals surface area contributed by atoms with Gasteiger partial charge in [0.05, 0.1) is 19.1 Å². The SMILES string of the molecule is C[C@@](OCc1ccc(-c2ccccc2)cc1)(C(=O)NO)[C@@H](O)c1ccoc1. The molecule has 140 valence electrons. The Morgan fingerprint density at radius 1 is 1.11 bits per heavy atom. The fourth-order valence-corrected chi connectivity index (χ4v) is 2.79. The number of nitrogens with one attached hydrogen (secondary N) is 1. The van der Waals surface area contributed by atoms with E-state index < -0.39 is 17.6 Å². The Kier molecular flexibility index (Phi) is 5.71. The summed E-state index contributed by atoms with van der Waals surface area (Å²) in [5.41, 5.74) is 3.23. The molecule has 0 spiro atoms. The molecule has 1 heterocycles. The van der Waals surface area contributed by atoms with Crippen LogP contribution in [-0.4, -0.2) is 21.8 Å². The number of carbonyl (C=O) groups excluding carboxylic acids is 1. The molecule has 6 nitrogen and oxygen atoms in total. The van der Waals surface area contributed by atoms with Crippen LogP contribution < -0.4 is 5.48 Å². The molecule has 0 bridgehead atoms. The summed E-state index contributed by atoms with van der Waals surface area (Å²) in [7, 11) is 0. The number of benzene rings is 2. The zero-order chi connectivity index (χ0) is 19.3. The Labute approximate surface area is 157 Å². The van der Waals surface area contributed by atoms with Gasteiger partial charge in [0.1, 0.15) is 6.10 Å². The fraction of sp³-hybridized carbons (Fsp3) is 0.190. The maximum absolute atomic E-state index is 12.2. The van der Waals surface area contributed by atoms with Gasteiger partial charge >= 0.3 is 0 Å². The Balaban J connectivity index is 1.75. The van der Waals surface area contributed by atoms with Crippen molar-refractivity contribution in [1.29, 1.82) is 0 Å². The molecule has 1 aromatic heterocycles. The van der Waals surface area contributed by atoms with Crippen molar-refractivity contribution in [2.75, 3.05) is 0 Å². The first-order valence-electron chi connectivity index (χ1n) is 8.47. The van der Waals surface area contributed by atoms with Crippen LogP contribution in [0.5, 0.6) is 0 Å². The number of ether oxygens (including phenoxy) is 1. The molecule has 3 rings (SSSR count). The second-order valence-corrected chi connectivity index (χ2v) is 6.36. The lowest BCUT2D eigenvalue weighted by atomic mass is 9.93. The highest BCUT2D eigenvalue weighted by atomic mass is 16.5. The number of aliphatic hydroxyl groups excluding tert-OH is 1. The van der Waals surface area contributed by atoms with E-state index in [0.717, 1.165) is 16.7 Å².